The molecular weight excluding hydrogens is 644 g/mol. The highest BCUT2D eigenvalue weighted by atomic mass is 16.7. The Hall–Kier alpha value is -4.36. The normalized spacial score (nSPS) is 20.5. The van der Waals surface area contributed by atoms with Crippen LogP contribution in [0.15, 0.2) is 18.2 Å². The standard InChI is InChI=1S/C30H42N2O16/c1-17(34)44-23-22(36)28(47-25(27(38)40-6)24(23)45-18(2)35)46-21-8-7-19(16-33)15-20(21)26(37)31-9-10-41-11-12-42-13-14-43-32-29(39)48-30(3,4)5/h7-8,15-16,22-25,28,36H,9-14H2,1-6H3,(H,31,37)(H,32,39)/t22-,23-,24+,25+,28?/m1/s1. The first kappa shape index (κ1) is 39.8. The van der Waals surface area contributed by atoms with Crippen molar-refractivity contribution in [3.63, 3.8) is 0 Å². The second kappa shape index (κ2) is 19.5. The van der Waals surface area contributed by atoms with Crippen molar-refractivity contribution in [1.82, 2.24) is 10.8 Å². The Kier molecular flexibility index (Phi) is 16.1. The van der Waals surface area contributed by atoms with Crippen LogP contribution in [0.25, 0.3) is 0 Å². The van der Waals surface area contributed by atoms with Gasteiger partial charge in [-0.1, -0.05) is 0 Å². The third-order valence-corrected chi connectivity index (χ3v) is 5.97. The molecule has 2 rings (SSSR count). The van der Waals surface area contributed by atoms with Gasteiger partial charge in [-0.3, -0.25) is 24.0 Å². The van der Waals surface area contributed by atoms with Crippen LogP contribution in [0.5, 0.6) is 5.75 Å². The van der Waals surface area contributed by atoms with E-state index in [1.165, 1.54) is 18.2 Å². The van der Waals surface area contributed by atoms with Gasteiger partial charge in [0.05, 0.1) is 45.7 Å². The number of hydrogen-bond acceptors (Lipinski definition) is 16. The van der Waals surface area contributed by atoms with E-state index >= 15 is 0 Å². The van der Waals surface area contributed by atoms with Gasteiger partial charge < -0.3 is 48.3 Å². The summed E-state index contributed by atoms with van der Waals surface area (Å²) >= 11 is 0. The maximum absolute atomic E-state index is 13.1. The summed E-state index contributed by atoms with van der Waals surface area (Å²) in [6, 6.07) is 3.82. The van der Waals surface area contributed by atoms with E-state index in [0.29, 0.717) is 6.29 Å². The lowest BCUT2D eigenvalue weighted by Gasteiger charge is -2.41. The van der Waals surface area contributed by atoms with Gasteiger partial charge in [0.25, 0.3) is 5.91 Å². The van der Waals surface area contributed by atoms with Crippen LogP contribution in [0, 0.1) is 0 Å². The summed E-state index contributed by atoms with van der Waals surface area (Å²) < 4.78 is 42.1. The van der Waals surface area contributed by atoms with Crippen LogP contribution in [-0.2, 0) is 52.4 Å². The molecule has 0 bridgehead atoms. The third kappa shape index (κ3) is 13.4. The van der Waals surface area contributed by atoms with Crippen molar-refractivity contribution in [2.45, 2.75) is 70.9 Å². The minimum absolute atomic E-state index is 0.0398. The predicted octanol–water partition coefficient (Wildman–Crippen LogP) is 0.219. The average molecular weight is 687 g/mol. The number of ether oxygens (including phenoxy) is 8. The highest BCUT2D eigenvalue weighted by molar-refractivity contribution is 5.98. The van der Waals surface area contributed by atoms with Crippen molar-refractivity contribution in [3.05, 3.63) is 29.3 Å². The van der Waals surface area contributed by atoms with E-state index in [1.54, 1.807) is 20.8 Å². The van der Waals surface area contributed by atoms with Gasteiger partial charge in [0, 0.05) is 26.0 Å². The van der Waals surface area contributed by atoms with Crippen LogP contribution < -0.4 is 15.5 Å². The number of carbonyl (C=O) groups excluding carboxylic acids is 6. The number of aliphatic hydroxyl groups excluding tert-OH is 1. The zero-order valence-corrected chi connectivity index (χ0v) is 27.5. The molecule has 1 unspecified atom stereocenters. The summed E-state index contributed by atoms with van der Waals surface area (Å²) in [7, 11) is 1.04. The molecule has 0 spiro atoms. The highest BCUT2D eigenvalue weighted by Gasteiger charge is 2.53. The first-order valence-corrected chi connectivity index (χ1v) is 14.7. The Balaban J connectivity index is 1.95. The van der Waals surface area contributed by atoms with Crippen molar-refractivity contribution >= 4 is 36.2 Å². The number of aldehydes is 1. The molecule has 268 valence electrons. The predicted molar refractivity (Wildman–Crippen MR) is 160 cm³/mol. The summed E-state index contributed by atoms with van der Waals surface area (Å²) in [5.74, 6) is -3.61. The van der Waals surface area contributed by atoms with E-state index in [9.17, 15) is 33.9 Å². The summed E-state index contributed by atoms with van der Waals surface area (Å²) in [5, 5.41) is 13.6. The summed E-state index contributed by atoms with van der Waals surface area (Å²) in [4.78, 5) is 77.0. The number of amides is 2. The van der Waals surface area contributed by atoms with Crippen molar-refractivity contribution in [2.75, 3.05) is 46.7 Å². The second-order valence-electron chi connectivity index (χ2n) is 11.0. The van der Waals surface area contributed by atoms with Gasteiger partial charge in [0.15, 0.2) is 24.4 Å². The minimum atomic E-state index is -1.82. The number of nitrogens with one attached hydrogen (secondary N) is 2. The maximum Gasteiger partial charge on any atom is 0.431 e. The number of methoxy groups -OCH3 is 1. The molecule has 2 amide bonds. The second-order valence-corrected chi connectivity index (χ2v) is 11.0. The summed E-state index contributed by atoms with van der Waals surface area (Å²) in [6.45, 7) is 7.98. The molecule has 0 saturated carbocycles. The van der Waals surface area contributed by atoms with Crippen LogP contribution >= 0.6 is 0 Å². The van der Waals surface area contributed by atoms with Gasteiger partial charge in [-0.05, 0) is 39.0 Å². The molecule has 1 aliphatic rings. The number of benzene rings is 1. The zero-order chi connectivity index (χ0) is 35.9. The fourth-order valence-corrected chi connectivity index (χ4v) is 4.07. The first-order chi connectivity index (χ1) is 22.7. The van der Waals surface area contributed by atoms with Crippen LogP contribution in [-0.4, -0.2) is 124 Å². The van der Waals surface area contributed by atoms with Crippen LogP contribution in [0.4, 0.5) is 4.79 Å². The Morgan fingerprint density at radius 2 is 1.56 bits per heavy atom. The van der Waals surface area contributed by atoms with E-state index in [0.717, 1.165) is 21.0 Å². The largest absolute Gasteiger partial charge is 0.467 e. The van der Waals surface area contributed by atoms with Gasteiger partial charge in [0.1, 0.15) is 17.6 Å². The molecule has 1 aromatic rings. The summed E-state index contributed by atoms with van der Waals surface area (Å²) in [5.41, 5.74) is 1.46. The lowest BCUT2D eigenvalue weighted by atomic mass is 9.98. The van der Waals surface area contributed by atoms with E-state index in [2.05, 4.69) is 10.8 Å². The van der Waals surface area contributed by atoms with Gasteiger partial charge in [-0.2, -0.15) is 5.48 Å². The first-order valence-electron chi connectivity index (χ1n) is 14.7. The Bertz CT molecular complexity index is 1270. The molecule has 1 aromatic carbocycles. The van der Waals surface area contributed by atoms with E-state index in [-0.39, 0.29) is 56.5 Å². The lowest BCUT2D eigenvalue weighted by Crippen LogP contribution is -2.63. The fraction of sp³-hybridized carbons (Fsp3) is 0.600. The van der Waals surface area contributed by atoms with Crippen molar-refractivity contribution in [2.24, 2.45) is 0 Å². The Morgan fingerprint density at radius 3 is 2.17 bits per heavy atom. The smallest absolute Gasteiger partial charge is 0.431 e. The maximum atomic E-state index is 13.1. The molecule has 3 N–H and O–H groups in total. The van der Waals surface area contributed by atoms with E-state index < -0.39 is 66.2 Å². The van der Waals surface area contributed by atoms with Crippen molar-refractivity contribution in [3.8, 4) is 5.75 Å². The molecule has 5 atom stereocenters. The molecule has 0 radical (unpaired) electrons. The molecule has 1 aliphatic heterocycles. The van der Waals surface area contributed by atoms with Crippen molar-refractivity contribution < 1.29 is 76.6 Å². The molecule has 1 heterocycles. The average Bonchev–Trinajstić information content (AvgIpc) is 3.01. The Labute approximate surface area is 276 Å². The topological polar surface area (TPSA) is 230 Å². The molecule has 0 aliphatic carbocycles. The zero-order valence-electron chi connectivity index (χ0n) is 27.5. The fourth-order valence-electron chi connectivity index (χ4n) is 4.07. The number of rotatable bonds is 17. The molecular formula is C30H42N2O16. The molecule has 1 fully saturated rings. The third-order valence-electron chi connectivity index (χ3n) is 5.97. The SMILES string of the molecule is COC(=O)[C@H]1OC(Oc2ccc(C=O)cc2C(=O)NCCOCCOCCONC(=O)OC(C)(C)C)[C@H](O)[C@@H](OC(C)=O)[C@@H]1OC(C)=O. The van der Waals surface area contributed by atoms with Gasteiger partial charge in [-0.25, -0.2) is 9.59 Å². The van der Waals surface area contributed by atoms with Crippen LogP contribution in [0.2, 0.25) is 0 Å². The van der Waals surface area contributed by atoms with Gasteiger partial charge in [-0.15, -0.1) is 0 Å². The number of carbonyl (C=O) groups is 6. The van der Waals surface area contributed by atoms with E-state index in [4.69, 9.17) is 42.7 Å². The van der Waals surface area contributed by atoms with Crippen LogP contribution in [0.3, 0.4) is 0 Å². The molecule has 18 heteroatoms. The van der Waals surface area contributed by atoms with Gasteiger partial charge in [0.2, 0.25) is 6.29 Å². The highest BCUT2D eigenvalue weighted by Crippen LogP contribution is 2.31. The summed E-state index contributed by atoms with van der Waals surface area (Å²) in [6.07, 6.45) is -8.67. The lowest BCUT2D eigenvalue weighted by molar-refractivity contribution is -0.278. The molecule has 18 nitrogen and oxygen atoms in total. The van der Waals surface area contributed by atoms with Crippen LogP contribution in [0.1, 0.15) is 55.3 Å². The molecule has 48 heavy (non-hydrogen) atoms. The number of hydrogen-bond donors (Lipinski definition) is 3. The number of aliphatic hydroxyl groups is 1. The monoisotopic (exact) mass is 686 g/mol. The van der Waals surface area contributed by atoms with E-state index in [1.807, 2.05) is 0 Å². The molecule has 0 aromatic heterocycles. The number of hydroxylamine groups is 1. The number of esters is 3. The minimum Gasteiger partial charge on any atom is -0.467 e. The van der Waals surface area contributed by atoms with Crippen molar-refractivity contribution in [1.29, 1.82) is 0 Å². The molecule has 1 saturated heterocycles. The van der Waals surface area contributed by atoms with Gasteiger partial charge >= 0.3 is 24.0 Å². The quantitative estimate of drug-likeness (QED) is 0.0654. The Morgan fingerprint density at radius 1 is 0.938 bits per heavy atom.